The van der Waals surface area contributed by atoms with Gasteiger partial charge in [0.1, 0.15) is 0 Å². The summed E-state index contributed by atoms with van der Waals surface area (Å²) >= 11 is 0. The predicted octanol–water partition coefficient (Wildman–Crippen LogP) is 4.26. The van der Waals surface area contributed by atoms with Crippen LogP contribution in [0.2, 0.25) is 0 Å². The zero-order valence-corrected chi connectivity index (χ0v) is 11.5. The van der Waals surface area contributed by atoms with Crippen molar-refractivity contribution in [3.8, 4) is 11.1 Å². The molecule has 0 N–H and O–H groups in total. The molecule has 0 saturated heterocycles. The first-order valence-corrected chi connectivity index (χ1v) is 6.54. The molecule has 1 heteroatoms. The Hall–Kier alpha value is -1.63. The van der Waals surface area contributed by atoms with Crippen molar-refractivity contribution in [1.29, 1.82) is 0 Å². The lowest BCUT2D eigenvalue weighted by Crippen LogP contribution is -2.13. The second-order valence-corrected chi connectivity index (χ2v) is 6.28. The molecule has 0 bridgehead atoms. The van der Waals surface area contributed by atoms with Crippen molar-refractivity contribution >= 4 is 0 Å². The highest BCUT2D eigenvalue weighted by atomic mass is 14.6. The van der Waals surface area contributed by atoms with Crippen LogP contribution in [0.15, 0.2) is 30.6 Å². The molecule has 0 spiro atoms. The van der Waals surface area contributed by atoms with E-state index in [-0.39, 0.29) is 5.41 Å². The lowest BCUT2D eigenvalue weighted by atomic mass is 9.82. The topological polar surface area (TPSA) is 12.9 Å². The molecule has 1 aromatic heterocycles. The molecule has 0 radical (unpaired) electrons. The van der Waals surface area contributed by atoms with Crippen molar-refractivity contribution in [2.75, 3.05) is 0 Å². The van der Waals surface area contributed by atoms with Crippen molar-refractivity contribution in [3.63, 3.8) is 0 Å². The Bertz CT molecular complexity index is 618. The van der Waals surface area contributed by atoms with E-state index in [1.54, 1.807) is 0 Å². The molecule has 1 aromatic carbocycles. The molecule has 18 heavy (non-hydrogen) atoms. The highest BCUT2D eigenvalue weighted by Gasteiger charge is 2.23. The van der Waals surface area contributed by atoms with Gasteiger partial charge in [-0.2, -0.15) is 0 Å². The molecule has 1 aliphatic carbocycles. The third-order valence-electron chi connectivity index (χ3n) is 3.83. The van der Waals surface area contributed by atoms with Crippen LogP contribution in [0.25, 0.3) is 11.1 Å². The van der Waals surface area contributed by atoms with E-state index < -0.39 is 0 Å². The predicted molar refractivity (Wildman–Crippen MR) is 75.9 cm³/mol. The number of aryl methyl sites for hydroxylation is 1. The van der Waals surface area contributed by atoms with E-state index in [0.29, 0.717) is 0 Å². The van der Waals surface area contributed by atoms with Gasteiger partial charge in [0.05, 0.1) is 0 Å². The molecular formula is C17H19N. The molecule has 0 saturated carbocycles. The first-order chi connectivity index (χ1) is 8.47. The van der Waals surface area contributed by atoms with Crippen LogP contribution in [0.5, 0.6) is 0 Å². The maximum atomic E-state index is 4.23. The summed E-state index contributed by atoms with van der Waals surface area (Å²) in [5.74, 6) is 0. The average Bonchev–Trinajstić information content (AvgIpc) is 2.63. The largest absolute Gasteiger partial charge is 0.264 e. The van der Waals surface area contributed by atoms with Crippen molar-refractivity contribution in [2.24, 2.45) is 0 Å². The summed E-state index contributed by atoms with van der Waals surface area (Å²) in [5, 5.41) is 0. The Morgan fingerprint density at radius 3 is 2.56 bits per heavy atom. The minimum absolute atomic E-state index is 0.203. The van der Waals surface area contributed by atoms with Crippen LogP contribution in [-0.4, -0.2) is 4.98 Å². The Labute approximate surface area is 109 Å². The van der Waals surface area contributed by atoms with Gasteiger partial charge in [0.25, 0.3) is 0 Å². The van der Waals surface area contributed by atoms with E-state index in [9.17, 15) is 0 Å². The number of nitrogens with zero attached hydrogens (tertiary/aromatic N) is 1. The molecule has 0 aliphatic heterocycles. The van der Waals surface area contributed by atoms with E-state index in [1.165, 1.54) is 33.4 Å². The lowest BCUT2D eigenvalue weighted by Gasteiger charge is -2.23. The molecule has 0 atom stereocenters. The zero-order chi connectivity index (χ0) is 12.9. The van der Waals surface area contributed by atoms with Crippen LogP contribution in [0.3, 0.4) is 0 Å². The average molecular weight is 237 g/mol. The normalized spacial score (nSPS) is 13.3. The third-order valence-corrected chi connectivity index (χ3v) is 3.83. The van der Waals surface area contributed by atoms with Gasteiger partial charge >= 0.3 is 0 Å². The first kappa shape index (κ1) is 11.5. The summed E-state index contributed by atoms with van der Waals surface area (Å²) in [6.07, 6.45) is 4.93. The number of benzene rings is 1. The second-order valence-electron chi connectivity index (χ2n) is 6.28. The molecule has 1 heterocycles. The maximum Gasteiger partial charge on any atom is 0.0309 e. The van der Waals surface area contributed by atoms with Gasteiger partial charge in [-0.25, -0.2) is 0 Å². The van der Waals surface area contributed by atoms with Gasteiger partial charge in [0.2, 0.25) is 0 Å². The summed E-state index contributed by atoms with van der Waals surface area (Å²) < 4.78 is 0. The summed E-state index contributed by atoms with van der Waals surface area (Å²) in [5.41, 5.74) is 8.64. The fourth-order valence-corrected chi connectivity index (χ4v) is 3.01. The van der Waals surface area contributed by atoms with Crippen molar-refractivity contribution in [2.45, 2.75) is 39.5 Å². The highest BCUT2D eigenvalue weighted by molar-refractivity contribution is 5.77. The number of fused-ring (bicyclic) bond motifs is 3. The van der Waals surface area contributed by atoms with E-state index in [1.807, 2.05) is 12.4 Å². The van der Waals surface area contributed by atoms with Gasteiger partial charge in [-0.05, 0) is 51.8 Å². The van der Waals surface area contributed by atoms with Crippen LogP contribution in [-0.2, 0) is 11.8 Å². The summed E-state index contributed by atoms with van der Waals surface area (Å²) in [6, 6.07) is 6.88. The van der Waals surface area contributed by atoms with E-state index in [4.69, 9.17) is 0 Å². The minimum atomic E-state index is 0.203. The number of rotatable bonds is 0. The summed E-state index contributed by atoms with van der Waals surface area (Å²) in [6.45, 7) is 9.07. The number of hydrogen-bond acceptors (Lipinski definition) is 1. The quantitative estimate of drug-likeness (QED) is 0.569. The smallest absolute Gasteiger partial charge is 0.0309 e. The third kappa shape index (κ3) is 1.66. The Morgan fingerprint density at radius 2 is 1.83 bits per heavy atom. The van der Waals surface area contributed by atoms with Gasteiger partial charge in [-0.1, -0.05) is 32.9 Å². The number of aromatic nitrogens is 1. The van der Waals surface area contributed by atoms with Crippen LogP contribution in [0.4, 0.5) is 0 Å². The fourth-order valence-electron chi connectivity index (χ4n) is 3.01. The molecule has 1 nitrogen and oxygen atoms in total. The lowest BCUT2D eigenvalue weighted by molar-refractivity contribution is 0.586. The van der Waals surface area contributed by atoms with Crippen molar-refractivity contribution in [3.05, 3.63) is 52.8 Å². The van der Waals surface area contributed by atoms with E-state index in [2.05, 4.69) is 50.9 Å². The Kier molecular flexibility index (Phi) is 2.34. The molecule has 1 aliphatic rings. The molecule has 3 rings (SSSR count). The van der Waals surface area contributed by atoms with Gasteiger partial charge in [0, 0.05) is 18.8 Å². The van der Waals surface area contributed by atoms with E-state index in [0.717, 1.165) is 6.42 Å². The van der Waals surface area contributed by atoms with Crippen LogP contribution >= 0.6 is 0 Å². The molecule has 0 unspecified atom stereocenters. The van der Waals surface area contributed by atoms with Crippen LogP contribution < -0.4 is 0 Å². The van der Waals surface area contributed by atoms with Crippen LogP contribution in [0.1, 0.15) is 43.0 Å². The molecule has 2 aromatic rings. The van der Waals surface area contributed by atoms with E-state index >= 15 is 0 Å². The van der Waals surface area contributed by atoms with Gasteiger partial charge < -0.3 is 0 Å². The molecule has 92 valence electrons. The Morgan fingerprint density at radius 1 is 1.06 bits per heavy atom. The Balaban J connectivity index is 2.24. The molecule has 0 amide bonds. The fraction of sp³-hybridized carbons (Fsp3) is 0.353. The van der Waals surface area contributed by atoms with Gasteiger partial charge in [0.15, 0.2) is 0 Å². The number of hydrogen-bond donors (Lipinski definition) is 0. The second kappa shape index (κ2) is 3.68. The maximum absolute atomic E-state index is 4.23. The van der Waals surface area contributed by atoms with Crippen LogP contribution in [0, 0.1) is 6.92 Å². The standard InChI is InChI=1S/C17H19N/c1-11-7-12-8-13-10-18-6-5-14(13)15(12)9-16(11)17(2,3)4/h5-7,9-10H,8H2,1-4H3. The first-order valence-electron chi connectivity index (χ1n) is 6.54. The van der Waals surface area contributed by atoms with Gasteiger partial charge in [-0.15, -0.1) is 0 Å². The van der Waals surface area contributed by atoms with Gasteiger partial charge in [-0.3, -0.25) is 4.98 Å². The summed E-state index contributed by atoms with van der Waals surface area (Å²) in [7, 11) is 0. The molecule has 0 fully saturated rings. The molecular weight excluding hydrogens is 218 g/mol. The SMILES string of the molecule is Cc1cc2c(cc1C(C)(C)C)-c1ccncc1C2. The highest BCUT2D eigenvalue weighted by Crippen LogP contribution is 2.39. The monoisotopic (exact) mass is 237 g/mol. The summed E-state index contributed by atoms with van der Waals surface area (Å²) in [4.78, 5) is 4.23. The minimum Gasteiger partial charge on any atom is -0.264 e. The number of pyridine rings is 1. The zero-order valence-electron chi connectivity index (χ0n) is 11.5. The van der Waals surface area contributed by atoms with Crippen molar-refractivity contribution in [1.82, 2.24) is 4.98 Å². The van der Waals surface area contributed by atoms with Crippen molar-refractivity contribution < 1.29 is 0 Å².